The molecule has 2 heteroatoms. The minimum Gasteiger partial charge on any atom is -0.0652 e. The maximum atomic E-state index is 2.70. The van der Waals surface area contributed by atoms with Gasteiger partial charge in [0.2, 0.25) is 0 Å². The van der Waals surface area contributed by atoms with Gasteiger partial charge in [-0.05, 0) is 42.5 Å². The number of rotatable bonds is 0. The fourth-order valence-corrected chi connectivity index (χ4v) is 18.2. The van der Waals surface area contributed by atoms with Crippen LogP contribution in [-0.4, -0.2) is 16.1 Å². The van der Waals surface area contributed by atoms with Crippen LogP contribution in [0.4, 0.5) is 0 Å². The second-order valence-corrected chi connectivity index (χ2v) is 16.8. The van der Waals surface area contributed by atoms with E-state index in [0.717, 1.165) is 0 Å². The molecule has 18 heavy (non-hydrogen) atoms. The van der Waals surface area contributed by atoms with Crippen LogP contribution in [0.2, 0.25) is 37.3 Å². The molecule has 3 heterocycles. The van der Waals surface area contributed by atoms with Gasteiger partial charge in [-0.1, -0.05) is 54.1 Å². The molecule has 0 aromatic heterocycles. The van der Waals surface area contributed by atoms with Crippen molar-refractivity contribution in [2.24, 2.45) is 0 Å². The Morgan fingerprint density at radius 2 is 1.61 bits per heavy atom. The van der Waals surface area contributed by atoms with E-state index in [9.17, 15) is 0 Å². The Balaban J connectivity index is 2.10. The predicted molar refractivity (Wildman–Crippen MR) is 84.9 cm³/mol. The van der Waals surface area contributed by atoms with Gasteiger partial charge in [-0.25, -0.2) is 0 Å². The smallest absolute Gasteiger partial charge is 0.0652 e. The average Bonchev–Trinajstić information content (AvgIpc) is 2.68. The molecule has 2 unspecified atom stereocenters. The Kier molecular flexibility index (Phi) is 2.17. The Hall–Kier alpha value is -0.346. The minimum absolute atomic E-state index is 1.04. The molecule has 0 bridgehead atoms. The molecule has 0 radical (unpaired) electrons. The lowest BCUT2D eigenvalue weighted by molar-refractivity contribution is 0.878. The maximum Gasteiger partial charge on any atom is 0.0839 e. The van der Waals surface area contributed by atoms with Gasteiger partial charge in [0.1, 0.15) is 0 Å². The Labute approximate surface area is 113 Å². The maximum absolute atomic E-state index is 2.70. The van der Waals surface area contributed by atoms with Gasteiger partial charge in [-0.3, -0.25) is 0 Å². The van der Waals surface area contributed by atoms with Crippen molar-refractivity contribution >= 4 is 26.5 Å². The lowest BCUT2D eigenvalue weighted by Crippen LogP contribution is -2.66. The van der Waals surface area contributed by atoms with Gasteiger partial charge < -0.3 is 0 Å². The number of hydrogen-bond acceptors (Lipinski definition) is 0. The van der Waals surface area contributed by atoms with E-state index in [4.69, 9.17) is 0 Å². The van der Waals surface area contributed by atoms with Crippen LogP contribution in [0, 0.1) is 6.92 Å². The molecule has 0 saturated carbocycles. The number of benzene rings is 1. The summed E-state index contributed by atoms with van der Waals surface area (Å²) < 4.78 is 0. The second kappa shape index (κ2) is 3.40. The van der Waals surface area contributed by atoms with Gasteiger partial charge in [0.05, 0.1) is 16.1 Å². The molecule has 0 nitrogen and oxygen atoms in total. The van der Waals surface area contributed by atoms with Crippen LogP contribution in [0.5, 0.6) is 0 Å². The third-order valence-electron chi connectivity index (χ3n) is 6.28. The molecule has 4 rings (SSSR count). The third-order valence-corrected chi connectivity index (χ3v) is 16.1. The highest BCUT2D eigenvalue weighted by Crippen LogP contribution is 2.40. The van der Waals surface area contributed by atoms with Crippen molar-refractivity contribution < 1.29 is 0 Å². The lowest BCUT2D eigenvalue weighted by atomic mass is 10.0. The highest BCUT2D eigenvalue weighted by molar-refractivity contribution is 7.05. The summed E-state index contributed by atoms with van der Waals surface area (Å²) in [7, 11) is -2.10. The zero-order valence-corrected chi connectivity index (χ0v) is 14.0. The highest BCUT2D eigenvalue weighted by Gasteiger charge is 2.50. The van der Waals surface area contributed by atoms with Gasteiger partial charge in [-0.15, -0.1) is 0 Å². The van der Waals surface area contributed by atoms with Crippen LogP contribution in [0.1, 0.15) is 23.1 Å². The molecule has 1 aromatic rings. The standard InChI is InChI=1S/C16H24Si2/c1-12-11-13-5-4-7-17(2)9-10-18(3)8-6-14(12)16(18)15(13)17/h11H,4-10H2,1-3H3. The van der Waals surface area contributed by atoms with Crippen molar-refractivity contribution in [1.82, 2.24) is 0 Å². The molecule has 1 aromatic carbocycles. The van der Waals surface area contributed by atoms with E-state index in [2.05, 4.69) is 26.1 Å². The summed E-state index contributed by atoms with van der Waals surface area (Å²) in [5, 5.41) is 4.02. The molecule has 0 amide bonds. The first-order valence-corrected chi connectivity index (χ1v) is 13.5. The first kappa shape index (κ1) is 11.5. The molecular formula is C16H24Si2. The van der Waals surface area contributed by atoms with Crippen molar-refractivity contribution in [3.63, 3.8) is 0 Å². The molecule has 3 aliphatic heterocycles. The molecule has 0 spiro atoms. The predicted octanol–water partition coefficient (Wildman–Crippen LogP) is 3.08. The summed E-state index contributed by atoms with van der Waals surface area (Å²) >= 11 is 0. The SMILES string of the molecule is Cc1cc2c3c4c1CC[Si]4(C)CC[Si]3(C)CCC2. The summed E-state index contributed by atoms with van der Waals surface area (Å²) in [6.07, 6.45) is 4.28. The molecular weight excluding hydrogens is 248 g/mol. The summed E-state index contributed by atoms with van der Waals surface area (Å²) in [5.41, 5.74) is 5.26. The van der Waals surface area contributed by atoms with Crippen LogP contribution < -0.4 is 10.4 Å². The fourth-order valence-electron chi connectivity index (χ4n) is 5.18. The van der Waals surface area contributed by atoms with E-state index >= 15 is 0 Å². The van der Waals surface area contributed by atoms with E-state index < -0.39 is 16.1 Å². The number of hydrogen-bond donors (Lipinski definition) is 0. The van der Waals surface area contributed by atoms with Gasteiger partial charge in [0.15, 0.2) is 0 Å². The zero-order chi connectivity index (χ0) is 12.5. The zero-order valence-electron chi connectivity index (χ0n) is 12.0. The quantitative estimate of drug-likeness (QED) is 0.637. The summed E-state index contributed by atoms with van der Waals surface area (Å²) in [6.45, 7) is 7.78. The van der Waals surface area contributed by atoms with E-state index in [1.165, 1.54) is 19.3 Å². The third kappa shape index (κ3) is 1.26. The van der Waals surface area contributed by atoms with Crippen LogP contribution >= 0.6 is 0 Å². The molecule has 0 aliphatic carbocycles. The summed E-state index contributed by atoms with van der Waals surface area (Å²) in [4.78, 5) is 0. The highest BCUT2D eigenvalue weighted by atomic mass is 28.3. The van der Waals surface area contributed by atoms with Crippen LogP contribution in [-0.2, 0) is 12.8 Å². The van der Waals surface area contributed by atoms with Crippen molar-refractivity contribution in [2.75, 3.05) is 0 Å². The number of aryl methyl sites for hydroxylation is 2. The molecule has 3 aliphatic rings. The van der Waals surface area contributed by atoms with Crippen LogP contribution in [0.25, 0.3) is 0 Å². The molecule has 0 fully saturated rings. The Morgan fingerprint density at radius 1 is 0.889 bits per heavy atom. The first-order chi connectivity index (χ1) is 8.54. The molecule has 2 atom stereocenters. The van der Waals surface area contributed by atoms with Crippen molar-refractivity contribution in [3.05, 3.63) is 22.8 Å². The molecule has 0 N–H and O–H groups in total. The van der Waals surface area contributed by atoms with Gasteiger partial charge >= 0.3 is 0 Å². The average molecular weight is 273 g/mol. The van der Waals surface area contributed by atoms with E-state index in [1.54, 1.807) is 35.3 Å². The lowest BCUT2D eigenvalue weighted by Gasteiger charge is -2.45. The van der Waals surface area contributed by atoms with E-state index in [1.807, 2.05) is 15.9 Å². The topological polar surface area (TPSA) is 0 Å². The van der Waals surface area contributed by atoms with Crippen molar-refractivity contribution in [2.45, 2.75) is 63.5 Å². The van der Waals surface area contributed by atoms with Crippen LogP contribution in [0.3, 0.4) is 0 Å². The van der Waals surface area contributed by atoms with Crippen molar-refractivity contribution in [3.8, 4) is 0 Å². The van der Waals surface area contributed by atoms with E-state index in [0.29, 0.717) is 0 Å². The summed E-state index contributed by atoms with van der Waals surface area (Å²) in [6, 6.07) is 8.98. The normalized spacial score (nSPS) is 36.6. The Bertz CT molecular complexity index is 549. The second-order valence-electron chi connectivity index (χ2n) is 7.56. The van der Waals surface area contributed by atoms with Gasteiger partial charge in [0.25, 0.3) is 0 Å². The molecule has 96 valence electrons. The monoisotopic (exact) mass is 272 g/mol. The fraction of sp³-hybridized carbons (Fsp3) is 0.625. The minimum atomic E-state index is -1.06. The summed E-state index contributed by atoms with van der Waals surface area (Å²) in [5.74, 6) is 0. The molecule has 0 saturated heterocycles. The Morgan fingerprint density at radius 3 is 2.39 bits per heavy atom. The van der Waals surface area contributed by atoms with Gasteiger partial charge in [-0.2, -0.15) is 0 Å². The van der Waals surface area contributed by atoms with Crippen LogP contribution in [0.15, 0.2) is 6.07 Å². The van der Waals surface area contributed by atoms with E-state index in [-0.39, 0.29) is 0 Å². The first-order valence-electron chi connectivity index (χ1n) is 7.70. The largest absolute Gasteiger partial charge is 0.0839 e. The van der Waals surface area contributed by atoms with Gasteiger partial charge in [0, 0.05) is 0 Å². The van der Waals surface area contributed by atoms with Crippen molar-refractivity contribution in [1.29, 1.82) is 0 Å².